The van der Waals surface area contributed by atoms with Crippen LogP contribution in [-0.4, -0.2) is 40.3 Å². The largest absolute Gasteiger partial charge is 0.481 e. The Morgan fingerprint density at radius 1 is 1.50 bits per heavy atom. The van der Waals surface area contributed by atoms with Gasteiger partial charge in [0.1, 0.15) is 6.61 Å². The first-order valence-corrected chi connectivity index (χ1v) is 5.24. The van der Waals surface area contributed by atoms with E-state index in [1.165, 1.54) is 6.08 Å². The van der Waals surface area contributed by atoms with E-state index in [0.717, 1.165) is 0 Å². The third kappa shape index (κ3) is 5.04. The Labute approximate surface area is 101 Å². The molecule has 0 aromatic heterocycles. The third-order valence-electron chi connectivity index (χ3n) is 1.56. The van der Waals surface area contributed by atoms with Crippen molar-refractivity contribution >= 4 is 33.7 Å². The van der Waals surface area contributed by atoms with Crippen molar-refractivity contribution in [1.29, 1.82) is 0 Å². The van der Waals surface area contributed by atoms with E-state index in [1.807, 2.05) is 0 Å². The van der Waals surface area contributed by atoms with Crippen molar-refractivity contribution in [2.24, 2.45) is 5.73 Å². The highest BCUT2D eigenvalue weighted by molar-refractivity contribution is 9.10. The number of carbonyl (C=O) groups is 3. The number of ether oxygens (including phenoxy) is 1. The van der Waals surface area contributed by atoms with Gasteiger partial charge in [-0.1, -0.05) is 28.6 Å². The van der Waals surface area contributed by atoms with Crippen molar-refractivity contribution in [3.63, 3.8) is 0 Å². The van der Waals surface area contributed by atoms with Crippen molar-refractivity contribution in [2.75, 3.05) is 6.61 Å². The molecule has 0 aliphatic carbocycles. The summed E-state index contributed by atoms with van der Waals surface area (Å²) in [6, 6.07) is -1.24. The van der Waals surface area contributed by atoms with Gasteiger partial charge in [0.05, 0.1) is 12.5 Å². The zero-order chi connectivity index (χ0) is 12.7. The zero-order valence-corrected chi connectivity index (χ0v) is 9.97. The summed E-state index contributed by atoms with van der Waals surface area (Å²) < 4.78 is 4.60. The van der Waals surface area contributed by atoms with Crippen LogP contribution in [0.5, 0.6) is 0 Å². The fraction of sp³-hybridized carbons (Fsp3) is 0.444. The summed E-state index contributed by atoms with van der Waals surface area (Å²) in [7, 11) is 0. The zero-order valence-electron chi connectivity index (χ0n) is 8.39. The number of ketones is 1. The summed E-state index contributed by atoms with van der Waals surface area (Å²) in [6.45, 7) is 3.31. The highest BCUT2D eigenvalue weighted by Crippen LogP contribution is 2.08. The van der Waals surface area contributed by atoms with Gasteiger partial charge in [-0.3, -0.25) is 14.4 Å². The number of hydrogen-bond acceptors (Lipinski definition) is 5. The molecular weight excluding hydrogens is 282 g/mol. The summed E-state index contributed by atoms with van der Waals surface area (Å²) in [4.78, 5) is 31.7. The van der Waals surface area contributed by atoms with Crippen LogP contribution in [0.3, 0.4) is 0 Å². The molecule has 0 saturated heterocycles. The number of aliphatic carboxylic acids is 1. The Kier molecular flexibility index (Phi) is 6.59. The molecule has 0 radical (unpaired) electrons. The van der Waals surface area contributed by atoms with Gasteiger partial charge < -0.3 is 15.6 Å². The molecule has 2 atom stereocenters. The van der Waals surface area contributed by atoms with Gasteiger partial charge in [-0.2, -0.15) is 0 Å². The van der Waals surface area contributed by atoms with Crippen LogP contribution in [-0.2, 0) is 19.1 Å². The fourth-order valence-electron chi connectivity index (χ4n) is 0.807. The van der Waals surface area contributed by atoms with Gasteiger partial charge in [-0.05, 0) is 0 Å². The number of carbonyl (C=O) groups excluding carboxylic acids is 2. The molecular formula is C9H12BrNO5. The molecule has 0 saturated carbocycles. The Morgan fingerprint density at radius 3 is 2.50 bits per heavy atom. The lowest BCUT2D eigenvalue weighted by Gasteiger charge is -2.12. The van der Waals surface area contributed by atoms with Gasteiger partial charge in [0.2, 0.25) is 0 Å². The summed E-state index contributed by atoms with van der Waals surface area (Å²) in [6.07, 6.45) is 0.814. The maximum atomic E-state index is 11.4. The van der Waals surface area contributed by atoms with Crippen molar-refractivity contribution in [3.8, 4) is 0 Å². The van der Waals surface area contributed by atoms with Gasteiger partial charge in [0.25, 0.3) is 0 Å². The lowest BCUT2D eigenvalue weighted by molar-refractivity contribution is -0.145. The number of alkyl halides is 1. The third-order valence-corrected chi connectivity index (χ3v) is 2.39. The number of hydrogen-bond donors (Lipinski definition) is 2. The maximum absolute atomic E-state index is 11.4. The van der Waals surface area contributed by atoms with Crippen LogP contribution in [0.2, 0.25) is 0 Å². The van der Waals surface area contributed by atoms with Crippen molar-refractivity contribution < 1.29 is 24.2 Å². The summed E-state index contributed by atoms with van der Waals surface area (Å²) in [5.74, 6) is -2.75. The molecule has 0 fully saturated rings. The van der Waals surface area contributed by atoms with E-state index in [-0.39, 0.29) is 6.61 Å². The Morgan fingerprint density at radius 2 is 2.06 bits per heavy atom. The average Bonchev–Trinajstić information content (AvgIpc) is 2.22. The molecule has 0 rings (SSSR count). The topological polar surface area (TPSA) is 107 Å². The minimum Gasteiger partial charge on any atom is -0.481 e. The molecule has 0 aliphatic heterocycles. The first-order valence-electron chi connectivity index (χ1n) is 4.32. The molecule has 7 heteroatoms. The second-order valence-corrected chi connectivity index (χ2v) is 3.80. The smallest absolute Gasteiger partial charge is 0.327 e. The predicted octanol–water partition coefficient (Wildman–Crippen LogP) is -0.150. The lowest BCUT2D eigenvalue weighted by atomic mass is 10.1. The molecule has 16 heavy (non-hydrogen) atoms. The fourth-order valence-corrected chi connectivity index (χ4v) is 1.28. The predicted molar refractivity (Wildman–Crippen MR) is 59.1 cm³/mol. The van der Waals surface area contributed by atoms with E-state index in [2.05, 4.69) is 27.2 Å². The van der Waals surface area contributed by atoms with E-state index in [4.69, 9.17) is 10.8 Å². The number of carboxylic acid groups (broad SMARTS) is 1. The van der Waals surface area contributed by atoms with Crippen LogP contribution in [0, 0.1) is 0 Å². The van der Waals surface area contributed by atoms with Gasteiger partial charge in [-0.15, -0.1) is 0 Å². The van der Waals surface area contributed by atoms with Gasteiger partial charge in [0, 0.05) is 0 Å². The van der Waals surface area contributed by atoms with E-state index >= 15 is 0 Å². The number of carboxylic acids is 1. The maximum Gasteiger partial charge on any atom is 0.327 e. The molecule has 90 valence electrons. The second kappa shape index (κ2) is 7.13. The molecule has 6 nitrogen and oxygen atoms in total. The number of halogens is 1. The number of esters is 1. The number of rotatable bonds is 7. The van der Waals surface area contributed by atoms with Crippen LogP contribution in [0.25, 0.3) is 0 Å². The van der Waals surface area contributed by atoms with Crippen molar-refractivity contribution in [2.45, 2.75) is 17.3 Å². The van der Waals surface area contributed by atoms with Crippen molar-refractivity contribution in [1.82, 2.24) is 0 Å². The first kappa shape index (κ1) is 14.8. The Balaban J connectivity index is 4.30. The Hall–Kier alpha value is -1.21. The molecule has 0 aliphatic rings. The summed E-state index contributed by atoms with van der Waals surface area (Å²) >= 11 is 2.80. The van der Waals surface area contributed by atoms with Crippen molar-refractivity contribution in [3.05, 3.63) is 12.7 Å². The molecule has 2 unspecified atom stereocenters. The molecule has 3 N–H and O–H groups in total. The SMILES string of the molecule is C=CCOC(=O)C(Br)C(=O)C(N)CC(=O)O. The first-order chi connectivity index (χ1) is 7.40. The average molecular weight is 294 g/mol. The number of Topliss-reactive ketones (excluding diaryl/α,β-unsaturated/α-hetero) is 1. The minimum atomic E-state index is -1.25. The molecule has 0 aromatic rings. The number of nitrogens with two attached hydrogens (primary N) is 1. The van der Waals surface area contributed by atoms with Crippen LogP contribution in [0.15, 0.2) is 12.7 Å². The summed E-state index contributed by atoms with van der Waals surface area (Å²) in [5.41, 5.74) is 5.30. The normalized spacial score (nSPS) is 13.6. The van der Waals surface area contributed by atoms with E-state index in [0.29, 0.717) is 0 Å². The molecule has 0 heterocycles. The van der Waals surface area contributed by atoms with Crippen LogP contribution in [0.4, 0.5) is 0 Å². The lowest BCUT2D eigenvalue weighted by Crippen LogP contribution is -2.41. The van der Waals surface area contributed by atoms with Crippen LogP contribution in [0.1, 0.15) is 6.42 Å². The van der Waals surface area contributed by atoms with E-state index < -0.39 is 35.0 Å². The van der Waals surface area contributed by atoms with Crippen LogP contribution < -0.4 is 5.73 Å². The van der Waals surface area contributed by atoms with Gasteiger partial charge in [-0.25, -0.2) is 0 Å². The molecule has 0 aromatic carbocycles. The van der Waals surface area contributed by atoms with Crippen LogP contribution >= 0.6 is 15.9 Å². The molecule has 0 spiro atoms. The van der Waals surface area contributed by atoms with E-state index in [1.54, 1.807) is 0 Å². The van der Waals surface area contributed by atoms with Gasteiger partial charge >= 0.3 is 11.9 Å². The molecule has 0 amide bonds. The second-order valence-electron chi connectivity index (χ2n) is 2.89. The highest BCUT2D eigenvalue weighted by Gasteiger charge is 2.30. The minimum absolute atomic E-state index is 0.0254. The monoisotopic (exact) mass is 293 g/mol. The quantitative estimate of drug-likeness (QED) is 0.293. The van der Waals surface area contributed by atoms with Gasteiger partial charge in [0.15, 0.2) is 10.6 Å². The Bertz CT molecular complexity index is 304. The standard InChI is InChI=1S/C9H12BrNO5/c1-2-3-16-9(15)7(10)8(14)5(11)4-6(12)13/h2,5,7H,1,3-4,11H2,(H,12,13). The highest BCUT2D eigenvalue weighted by atomic mass is 79.9. The molecule has 0 bridgehead atoms. The summed E-state index contributed by atoms with van der Waals surface area (Å²) in [5, 5.41) is 8.42. The van der Waals surface area contributed by atoms with E-state index in [9.17, 15) is 14.4 Å².